The van der Waals surface area contributed by atoms with Crippen molar-refractivity contribution in [3.8, 4) is 11.4 Å². The fourth-order valence-corrected chi connectivity index (χ4v) is 2.26. The normalized spacial score (nSPS) is 10.5. The van der Waals surface area contributed by atoms with Gasteiger partial charge >= 0.3 is 0 Å². The van der Waals surface area contributed by atoms with Gasteiger partial charge < -0.3 is 15.2 Å². The predicted molar refractivity (Wildman–Crippen MR) is 94.2 cm³/mol. The molecule has 0 radical (unpaired) electrons. The molecule has 5 nitrogen and oxygen atoms in total. The van der Waals surface area contributed by atoms with Crippen molar-refractivity contribution in [2.75, 3.05) is 5.32 Å². The molecule has 3 aromatic rings. The van der Waals surface area contributed by atoms with E-state index in [9.17, 15) is 8.78 Å². The first-order chi connectivity index (χ1) is 12.0. The van der Waals surface area contributed by atoms with Crippen molar-refractivity contribution in [1.82, 2.24) is 15.5 Å². The van der Waals surface area contributed by atoms with Gasteiger partial charge in [0.1, 0.15) is 11.6 Å². The predicted octanol–water partition coefficient (Wildman–Crippen LogP) is 4.15. The molecular weight excluding hydrogens is 370 g/mol. The van der Waals surface area contributed by atoms with Gasteiger partial charge in [0.2, 0.25) is 11.7 Å². The molecular formula is C16H11ClF2N4OS. The van der Waals surface area contributed by atoms with Crippen LogP contribution in [0.3, 0.4) is 0 Å². The van der Waals surface area contributed by atoms with Gasteiger partial charge in [-0.2, -0.15) is 4.98 Å². The number of thiocarbonyl (C=S) groups is 1. The molecule has 0 atom stereocenters. The lowest BCUT2D eigenvalue weighted by molar-refractivity contribution is 0.376. The summed E-state index contributed by atoms with van der Waals surface area (Å²) < 4.78 is 31.5. The van der Waals surface area contributed by atoms with Crippen molar-refractivity contribution < 1.29 is 13.3 Å². The Hall–Kier alpha value is -2.58. The zero-order valence-corrected chi connectivity index (χ0v) is 14.2. The van der Waals surface area contributed by atoms with Crippen molar-refractivity contribution in [1.29, 1.82) is 0 Å². The van der Waals surface area contributed by atoms with Gasteiger partial charge in [0.05, 0.1) is 12.2 Å². The standard InChI is InChI=1S/C16H11ClF2N4OS/c17-10-3-1-9(2-4-10)15-22-14(24-23-15)8-20-16(25)21-13-6-5-11(18)7-12(13)19/h1-7H,8H2,(H2,20,21,25). The molecule has 0 saturated heterocycles. The molecule has 3 rings (SSSR count). The van der Waals surface area contributed by atoms with Crippen LogP contribution in [0.25, 0.3) is 11.4 Å². The number of nitrogens with one attached hydrogen (secondary N) is 2. The monoisotopic (exact) mass is 380 g/mol. The molecule has 0 bridgehead atoms. The van der Waals surface area contributed by atoms with Gasteiger partial charge in [0.15, 0.2) is 5.11 Å². The maximum atomic E-state index is 13.6. The van der Waals surface area contributed by atoms with E-state index < -0.39 is 11.6 Å². The Kier molecular flexibility index (Phi) is 5.20. The maximum absolute atomic E-state index is 13.6. The highest BCUT2D eigenvalue weighted by Crippen LogP contribution is 2.18. The molecule has 0 saturated carbocycles. The molecule has 1 heterocycles. The molecule has 25 heavy (non-hydrogen) atoms. The van der Waals surface area contributed by atoms with Crippen LogP contribution in [0.1, 0.15) is 5.89 Å². The van der Waals surface area contributed by atoms with Crippen molar-refractivity contribution in [2.24, 2.45) is 0 Å². The maximum Gasteiger partial charge on any atom is 0.246 e. The quantitative estimate of drug-likeness (QED) is 0.663. The lowest BCUT2D eigenvalue weighted by Crippen LogP contribution is -2.28. The second-order valence-corrected chi connectivity index (χ2v) is 5.80. The summed E-state index contributed by atoms with van der Waals surface area (Å²) in [6.07, 6.45) is 0. The third-order valence-corrected chi connectivity index (χ3v) is 3.65. The summed E-state index contributed by atoms with van der Waals surface area (Å²) in [5, 5.41) is 10.0. The number of hydrogen-bond donors (Lipinski definition) is 2. The number of rotatable bonds is 4. The molecule has 0 unspecified atom stereocenters. The number of aromatic nitrogens is 2. The van der Waals surface area contributed by atoms with Crippen LogP contribution in [0, 0.1) is 11.6 Å². The van der Waals surface area contributed by atoms with Gasteiger partial charge in [-0.25, -0.2) is 8.78 Å². The third-order valence-electron chi connectivity index (χ3n) is 3.15. The van der Waals surface area contributed by atoms with E-state index in [1.54, 1.807) is 24.3 Å². The Morgan fingerprint density at radius 2 is 1.92 bits per heavy atom. The molecule has 0 spiro atoms. The topological polar surface area (TPSA) is 63.0 Å². The first-order valence-electron chi connectivity index (χ1n) is 7.10. The van der Waals surface area contributed by atoms with Crippen molar-refractivity contribution in [3.63, 3.8) is 0 Å². The van der Waals surface area contributed by atoms with Crippen LogP contribution in [-0.4, -0.2) is 15.3 Å². The van der Waals surface area contributed by atoms with E-state index in [1.165, 1.54) is 6.07 Å². The first-order valence-corrected chi connectivity index (χ1v) is 7.88. The van der Waals surface area contributed by atoms with Crippen LogP contribution >= 0.6 is 23.8 Å². The van der Waals surface area contributed by atoms with Gasteiger partial charge in [0, 0.05) is 16.7 Å². The molecule has 0 amide bonds. The number of nitrogens with zero attached hydrogens (tertiary/aromatic N) is 2. The molecule has 0 aliphatic rings. The van der Waals surface area contributed by atoms with Crippen molar-refractivity contribution in [3.05, 3.63) is 65.0 Å². The molecule has 0 aliphatic carbocycles. The van der Waals surface area contributed by atoms with Crippen LogP contribution < -0.4 is 10.6 Å². The minimum Gasteiger partial charge on any atom is -0.353 e. The third kappa shape index (κ3) is 4.49. The summed E-state index contributed by atoms with van der Waals surface area (Å²) in [6.45, 7) is 0.148. The summed E-state index contributed by atoms with van der Waals surface area (Å²) in [5.74, 6) is -0.694. The Bertz CT molecular complexity index is 901. The number of halogens is 3. The lowest BCUT2D eigenvalue weighted by atomic mass is 10.2. The van der Waals surface area contributed by atoms with E-state index in [4.69, 9.17) is 28.3 Å². The molecule has 0 aliphatic heterocycles. The van der Waals surface area contributed by atoms with Crippen LogP contribution in [-0.2, 0) is 6.54 Å². The van der Waals surface area contributed by atoms with Gasteiger partial charge in [-0.05, 0) is 48.6 Å². The first kappa shape index (κ1) is 17.2. The molecule has 0 fully saturated rings. The van der Waals surface area contributed by atoms with E-state index in [0.717, 1.165) is 17.7 Å². The van der Waals surface area contributed by atoms with Crippen LogP contribution in [0.4, 0.5) is 14.5 Å². The average Bonchev–Trinajstić information content (AvgIpc) is 3.05. The van der Waals surface area contributed by atoms with E-state index in [1.807, 2.05) is 0 Å². The number of anilines is 1. The summed E-state index contributed by atoms with van der Waals surface area (Å²) in [4.78, 5) is 4.22. The highest BCUT2D eigenvalue weighted by atomic mass is 35.5. The van der Waals surface area contributed by atoms with E-state index in [2.05, 4.69) is 20.8 Å². The second-order valence-electron chi connectivity index (χ2n) is 4.95. The lowest BCUT2D eigenvalue weighted by Gasteiger charge is -2.09. The van der Waals surface area contributed by atoms with E-state index in [-0.39, 0.29) is 17.3 Å². The zero-order chi connectivity index (χ0) is 17.8. The minimum atomic E-state index is -0.744. The summed E-state index contributed by atoms with van der Waals surface area (Å²) >= 11 is 10.9. The summed E-state index contributed by atoms with van der Waals surface area (Å²) in [7, 11) is 0. The largest absolute Gasteiger partial charge is 0.353 e. The van der Waals surface area contributed by atoms with E-state index in [0.29, 0.717) is 16.7 Å². The van der Waals surface area contributed by atoms with Crippen LogP contribution in [0.15, 0.2) is 47.0 Å². The zero-order valence-electron chi connectivity index (χ0n) is 12.6. The summed E-state index contributed by atoms with van der Waals surface area (Å²) in [5.41, 5.74) is 0.819. The molecule has 2 aromatic carbocycles. The van der Waals surface area contributed by atoms with Gasteiger partial charge in [-0.1, -0.05) is 16.8 Å². The van der Waals surface area contributed by atoms with Crippen molar-refractivity contribution >= 4 is 34.6 Å². The molecule has 9 heteroatoms. The second kappa shape index (κ2) is 7.54. The smallest absolute Gasteiger partial charge is 0.246 e. The Morgan fingerprint density at radius 1 is 1.16 bits per heavy atom. The van der Waals surface area contributed by atoms with Crippen LogP contribution in [0.2, 0.25) is 5.02 Å². The minimum absolute atomic E-state index is 0.0614. The molecule has 2 N–H and O–H groups in total. The number of hydrogen-bond acceptors (Lipinski definition) is 4. The fraction of sp³-hybridized carbons (Fsp3) is 0.0625. The van der Waals surface area contributed by atoms with Gasteiger partial charge in [-0.15, -0.1) is 0 Å². The number of benzene rings is 2. The highest BCUT2D eigenvalue weighted by Gasteiger charge is 2.10. The Balaban J connectivity index is 1.58. The Labute approximate surface area is 152 Å². The van der Waals surface area contributed by atoms with Crippen molar-refractivity contribution in [2.45, 2.75) is 6.54 Å². The Morgan fingerprint density at radius 3 is 2.64 bits per heavy atom. The average molecular weight is 381 g/mol. The summed E-state index contributed by atoms with van der Waals surface area (Å²) in [6, 6.07) is 10.1. The molecule has 1 aromatic heterocycles. The van der Waals surface area contributed by atoms with Gasteiger partial charge in [0.25, 0.3) is 0 Å². The SMILES string of the molecule is Fc1ccc(NC(=S)NCc2nc(-c3ccc(Cl)cc3)no2)c(F)c1. The fourth-order valence-electron chi connectivity index (χ4n) is 1.96. The highest BCUT2D eigenvalue weighted by molar-refractivity contribution is 7.80. The van der Waals surface area contributed by atoms with Crippen LogP contribution in [0.5, 0.6) is 0 Å². The van der Waals surface area contributed by atoms with E-state index >= 15 is 0 Å². The molecule has 128 valence electrons. The van der Waals surface area contributed by atoms with Gasteiger partial charge in [-0.3, -0.25) is 0 Å².